The monoisotopic (exact) mass is 481 g/mol. The van der Waals surface area contributed by atoms with Crippen LogP contribution < -0.4 is 16.0 Å². The summed E-state index contributed by atoms with van der Waals surface area (Å²) in [7, 11) is 3.27. The summed E-state index contributed by atoms with van der Waals surface area (Å²) in [5.74, 6) is -0.356. The Balaban J connectivity index is 0.00000338. The van der Waals surface area contributed by atoms with Crippen molar-refractivity contribution in [2.24, 2.45) is 4.99 Å². The van der Waals surface area contributed by atoms with Crippen molar-refractivity contribution in [2.45, 2.75) is 25.4 Å². The third kappa shape index (κ3) is 7.02. The first-order valence-electron chi connectivity index (χ1n) is 8.36. The van der Waals surface area contributed by atoms with Gasteiger partial charge in [0.25, 0.3) is 0 Å². The number of hydrogen-bond donors (Lipinski definition) is 3. The molecule has 26 heavy (non-hydrogen) atoms. The van der Waals surface area contributed by atoms with E-state index in [1.54, 1.807) is 14.1 Å². The standard InChI is InChI=1S/C17H25F2N5O.HI/c1-20-16(25)11-24-7-5-14(6-8-24)23-17(21-2)22-10-12-9-13(18)3-4-15(12)19;/h3-4,9,14H,5-8,10-11H2,1-2H3,(H,20,25)(H2,21,22,23);1H. The second-order valence-electron chi connectivity index (χ2n) is 6.03. The third-order valence-electron chi connectivity index (χ3n) is 4.25. The lowest BCUT2D eigenvalue weighted by atomic mass is 10.1. The highest BCUT2D eigenvalue weighted by Crippen LogP contribution is 2.11. The zero-order chi connectivity index (χ0) is 18.2. The van der Waals surface area contributed by atoms with Gasteiger partial charge in [0.2, 0.25) is 5.91 Å². The number of rotatable bonds is 5. The average Bonchev–Trinajstić information content (AvgIpc) is 2.62. The zero-order valence-corrected chi connectivity index (χ0v) is 17.3. The van der Waals surface area contributed by atoms with Crippen molar-refractivity contribution in [3.63, 3.8) is 0 Å². The minimum Gasteiger partial charge on any atom is -0.358 e. The lowest BCUT2D eigenvalue weighted by molar-refractivity contribution is -0.122. The Bertz CT molecular complexity index is 621. The molecule has 1 aromatic rings. The summed E-state index contributed by atoms with van der Waals surface area (Å²) < 4.78 is 26.9. The van der Waals surface area contributed by atoms with Gasteiger partial charge >= 0.3 is 0 Å². The molecule has 146 valence electrons. The number of hydrogen-bond acceptors (Lipinski definition) is 3. The molecule has 1 aliphatic rings. The summed E-state index contributed by atoms with van der Waals surface area (Å²) in [4.78, 5) is 17.6. The number of aliphatic imine (C=N–C) groups is 1. The predicted octanol–water partition coefficient (Wildman–Crippen LogP) is 1.46. The van der Waals surface area contributed by atoms with E-state index in [-0.39, 0.29) is 48.0 Å². The molecule has 0 bridgehead atoms. The Morgan fingerprint density at radius 3 is 2.62 bits per heavy atom. The number of nitrogens with one attached hydrogen (secondary N) is 3. The van der Waals surface area contributed by atoms with Gasteiger partial charge in [-0.3, -0.25) is 14.7 Å². The zero-order valence-electron chi connectivity index (χ0n) is 15.0. The molecule has 3 N–H and O–H groups in total. The molecule has 0 unspecified atom stereocenters. The lowest BCUT2D eigenvalue weighted by Crippen LogP contribution is -2.49. The van der Waals surface area contributed by atoms with Crippen LogP contribution in [0.2, 0.25) is 0 Å². The normalized spacial score (nSPS) is 15.9. The van der Waals surface area contributed by atoms with Gasteiger partial charge in [-0.25, -0.2) is 8.78 Å². The van der Waals surface area contributed by atoms with Crippen LogP contribution in [-0.2, 0) is 11.3 Å². The largest absolute Gasteiger partial charge is 0.358 e. The van der Waals surface area contributed by atoms with Crippen LogP contribution in [0.3, 0.4) is 0 Å². The summed E-state index contributed by atoms with van der Waals surface area (Å²) in [5.41, 5.74) is 0.253. The number of amides is 1. The van der Waals surface area contributed by atoms with E-state index >= 15 is 0 Å². The Morgan fingerprint density at radius 1 is 1.31 bits per heavy atom. The number of benzene rings is 1. The molecule has 1 amide bonds. The van der Waals surface area contributed by atoms with Crippen LogP contribution in [0.15, 0.2) is 23.2 Å². The maximum atomic E-state index is 13.7. The highest BCUT2D eigenvalue weighted by Gasteiger charge is 2.21. The van der Waals surface area contributed by atoms with E-state index in [1.165, 1.54) is 6.07 Å². The van der Waals surface area contributed by atoms with E-state index in [9.17, 15) is 13.6 Å². The van der Waals surface area contributed by atoms with Gasteiger partial charge in [-0.05, 0) is 31.0 Å². The number of likely N-dealkylation sites (tertiary alicyclic amines) is 1. The number of carbonyl (C=O) groups excluding carboxylic acids is 1. The second-order valence-corrected chi connectivity index (χ2v) is 6.03. The van der Waals surface area contributed by atoms with Gasteiger partial charge in [0.1, 0.15) is 11.6 Å². The molecule has 0 aromatic heterocycles. The Kier molecular flexibility index (Phi) is 9.78. The van der Waals surface area contributed by atoms with Gasteiger partial charge in [-0.15, -0.1) is 24.0 Å². The fourth-order valence-corrected chi connectivity index (χ4v) is 2.76. The predicted molar refractivity (Wildman–Crippen MR) is 109 cm³/mol. The summed E-state index contributed by atoms with van der Waals surface area (Å²) in [5, 5.41) is 8.92. The summed E-state index contributed by atoms with van der Waals surface area (Å²) in [6.07, 6.45) is 1.76. The molecule has 1 aromatic carbocycles. The van der Waals surface area contributed by atoms with Crippen LogP contribution >= 0.6 is 24.0 Å². The number of piperidine rings is 1. The fourth-order valence-electron chi connectivity index (χ4n) is 2.76. The van der Waals surface area contributed by atoms with Crippen molar-refractivity contribution in [3.8, 4) is 0 Å². The highest BCUT2D eigenvalue weighted by atomic mass is 127. The Hall–Kier alpha value is -1.49. The number of halogens is 3. The first kappa shape index (κ1) is 22.6. The molecule has 1 fully saturated rings. The smallest absolute Gasteiger partial charge is 0.233 e. The summed E-state index contributed by atoms with van der Waals surface area (Å²) in [6, 6.07) is 3.61. The van der Waals surface area contributed by atoms with E-state index in [1.807, 2.05) is 0 Å². The first-order chi connectivity index (χ1) is 12.0. The summed E-state index contributed by atoms with van der Waals surface area (Å²) in [6.45, 7) is 2.20. The fraction of sp³-hybridized carbons (Fsp3) is 0.529. The number of carbonyl (C=O) groups is 1. The van der Waals surface area contributed by atoms with Crippen molar-refractivity contribution in [1.82, 2.24) is 20.9 Å². The van der Waals surface area contributed by atoms with E-state index in [0.717, 1.165) is 38.1 Å². The van der Waals surface area contributed by atoms with Crippen molar-refractivity contribution in [2.75, 3.05) is 33.7 Å². The molecule has 0 aliphatic carbocycles. The van der Waals surface area contributed by atoms with Crippen LogP contribution in [0.4, 0.5) is 8.78 Å². The summed E-state index contributed by atoms with van der Waals surface area (Å²) >= 11 is 0. The molecule has 0 spiro atoms. The van der Waals surface area contributed by atoms with Crippen LogP contribution in [0.5, 0.6) is 0 Å². The molecule has 1 saturated heterocycles. The van der Waals surface area contributed by atoms with E-state index in [0.29, 0.717) is 12.5 Å². The molecule has 0 atom stereocenters. The number of nitrogens with zero attached hydrogens (tertiary/aromatic N) is 2. The van der Waals surface area contributed by atoms with Crippen molar-refractivity contribution in [1.29, 1.82) is 0 Å². The maximum absolute atomic E-state index is 13.7. The Morgan fingerprint density at radius 2 is 2.00 bits per heavy atom. The molecular formula is C17H26F2IN5O. The molecule has 1 aliphatic heterocycles. The van der Waals surface area contributed by atoms with Crippen molar-refractivity contribution in [3.05, 3.63) is 35.4 Å². The van der Waals surface area contributed by atoms with Crippen molar-refractivity contribution >= 4 is 35.8 Å². The van der Waals surface area contributed by atoms with Gasteiger partial charge in [0.05, 0.1) is 6.54 Å². The van der Waals surface area contributed by atoms with Crippen LogP contribution in [0.25, 0.3) is 0 Å². The molecule has 0 saturated carbocycles. The SMILES string of the molecule is CN=C(NCc1cc(F)ccc1F)NC1CCN(CC(=O)NC)CC1.I. The van der Waals surface area contributed by atoms with Crippen LogP contribution in [0, 0.1) is 11.6 Å². The van der Waals surface area contributed by atoms with E-state index in [2.05, 4.69) is 25.8 Å². The molecule has 2 rings (SSSR count). The lowest BCUT2D eigenvalue weighted by Gasteiger charge is -2.32. The molecule has 1 heterocycles. The highest BCUT2D eigenvalue weighted by molar-refractivity contribution is 14.0. The molecule has 9 heteroatoms. The third-order valence-corrected chi connectivity index (χ3v) is 4.25. The number of guanidine groups is 1. The van der Waals surface area contributed by atoms with Crippen LogP contribution in [-0.4, -0.2) is 56.5 Å². The second kappa shape index (κ2) is 11.3. The molecular weight excluding hydrogens is 455 g/mol. The van der Waals surface area contributed by atoms with Gasteiger partial charge in [0.15, 0.2) is 5.96 Å². The van der Waals surface area contributed by atoms with Gasteiger partial charge in [-0.1, -0.05) is 0 Å². The van der Waals surface area contributed by atoms with Gasteiger partial charge < -0.3 is 16.0 Å². The maximum Gasteiger partial charge on any atom is 0.233 e. The minimum absolute atomic E-state index is 0. The average molecular weight is 481 g/mol. The topological polar surface area (TPSA) is 68.8 Å². The van der Waals surface area contributed by atoms with Gasteiger partial charge in [-0.2, -0.15) is 0 Å². The van der Waals surface area contributed by atoms with Gasteiger partial charge in [0, 0.05) is 45.3 Å². The Labute approximate surface area is 169 Å². The molecule has 6 nitrogen and oxygen atoms in total. The van der Waals surface area contributed by atoms with Crippen molar-refractivity contribution < 1.29 is 13.6 Å². The minimum atomic E-state index is -0.468. The van der Waals surface area contributed by atoms with E-state index in [4.69, 9.17) is 0 Å². The first-order valence-corrected chi connectivity index (χ1v) is 8.36. The quantitative estimate of drug-likeness (QED) is 0.339. The van der Waals surface area contributed by atoms with Crippen LogP contribution in [0.1, 0.15) is 18.4 Å². The molecule has 0 radical (unpaired) electrons. The van der Waals surface area contributed by atoms with E-state index < -0.39 is 11.6 Å². The number of likely N-dealkylation sites (N-methyl/N-ethyl adjacent to an activating group) is 1.